The molecule has 1 heterocycles. The first-order chi connectivity index (χ1) is 15.8. The summed E-state index contributed by atoms with van der Waals surface area (Å²) in [4.78, 5) is 24.7. The van der Waals surface area contributed by atoms with E-state index in [1.165, 1.54) is 16.8 Å². The van der Waals surface area contributed by atoms with E-state index in [2.05, 4.69) is 15.7 Å². The number of anilines is 1. The number of benzene rings is 2. The molecular formula is C24H27FN4O4. The number of nitrogens with one attached hydrogen (secondary N) is 2. The Labute approximate surface area is 191 Å². The van der Waals surface area contributed by atoms with Crippen molar-refractivity contribution in [2.24, 2.45) is 0 Å². The van der Waals surface area contributed by atoms with Gasteiger partial charge < -0.3 is 20.1 Å². The van der Waals surface area contributed by atoms with Gasteiger partial charge in [0.15, 0.2) is 17.3 Å². The summed E-state index contributed by atoms with van der Waals surface area (Å²) in [5, 5.41) is 9.39. The van der Waals surface area contributed by atoms with Crippen molar-refractivity contribution in [1.29, 1.82) is 0 Å². The molecule has 3 rings (SSSR count). The molecule has 0 radical (unpaired) electrons. The van der Waals surface area contributed by atoms with E-state index < -0.39 is 17.6 Å². The number of halogens is 1. The number of aromatic nitrogens is 2. The molecule has 3 aromatic rings. The van der Waals surface area contributed by atoms with Crippen LogP contribution in [0.4, 0.5) is 10.1 Å². The topological polar surface area (TPSA) is 94.5 Å². The molecule has 0 fully saturated rings. The zero-order valence-corrected chi connectivity index (χ0v) is 19.1. The van der Waals surface area contributed by atoms with Crippen LogP contribution >= 0.6 is 0 Å². The molecule has 174 valence electrons. The van der Waals surface area contributed by atoms with Crippen molar-refractivity contribution >= 4 is 17.5 Å². The quantitative estimate of drug-likeness (QED) is 0.513. The van der Waals surface area contributed by atoms with Gasteiger partial charge in [-0.15, -0.1) is 0 Å². The van der Waals surface area contributed by atoms with Crippen molar-refractivity contribution in [2.75, 3.05) is 25.1 Å². The molecular weight excluding hydrogens is 427 g/mol. The van der Waals surface area contributed by atoms with Crippen molar-refractivity contribution in [1.82, 2.24) is 15.1 Å². The number of carbonyl (C=O) groups is 2. The second kappa shape index (κ2) is 10.6. The highest BCUT2D eigenvalue weighted by molar-refractivity contribution is 5.99. The Kier molecular flexibility index (Phi) is 7.66. The summed E-state index contributed by atoms with van der Waals surface area (Å²) in [6.07, 6.45) is 0. The van der Waals surface area contributed by atoms with E-state index in [4.69, 9.17) is 9.47 Å². The Balaban J connectivity index is 1.61. The van der Waals surface area contributed by atoms with Gasteiger partial charge in [-0.05, 0) is 70.2 Å². The van der Waals surface area contributed by atoms with Gasteiger partial charge in [0, 0.05) is 16.9 Å². The molecule has 0 bridgehead atoms. The van der Waals surface area contributed by atoms with Gasteiger partial charge in [-0.2, -0.15) is 5.10 Å². The molecule has 0 unspecified atom stereocenters. The van der Waals surface area contributed by atoms with Gasteiger partial charge in [-0.25, -0.2) is 9.07 Å². The molecule has 33 heavy (non-hydrogen) atoms. The number of hydrogen-bond acceptors (Lipinski definition) is 5. The number of ether oxygens (including phenoxy) is 2. The van der Waals surface area contributed by atoms with Crippen LogP contribution in [0.2, 0.25) is 0 Å². The molecule has 9 heteroatoms. The highest BCUT2D eigenvalue weighted by Crippen LogP contribution is 2.28. The van der Waals surface area contributed by atoms with Crippen LogP contribution in [0.3, 0.4) is 0 Å². The number of nitrogens with zero attached hydrogens (tertiary/aromatic N) is 2. The smallest absolute Gasteiger partial charge is 0.251 e. The summed E-state index contributed by atoms with van der Waals surface area (Å²) in [6.45, 7) is 7.95. The standard InChI is InChI=1S/C24H27FN4O4/c1-5-32-21-10-7-17(12-22(21)33-6-2)24(31)26-14-23(30)27-18-8-9-20(19(25)13-18)29-16(4)11-15(3)28-29/h7-13H,5-6,14H2,1-4H3,(H,26,31)(H,27,30). The number of hydrogen-bond donors (Lipinski definition) is 2. The number of carbonyl (C=O) groups excluding carboxylic acids is 2. The fourth-order valence-corrected chi connectivity index (χ4v) is 3.29. The largest absolute Gasteiger partial charge is 0.490 e. The lowest BCUT2D eigenvalue weighted by Gasteiger charge is -2.13. The average molecular weight is 455 g/mol. The normalized spacial score (nSPS) is 10.6. The molecule has 0 saturated heterocycles. The minimum Gasteiger partial charge on any atom is -0.490 e. The van der Waals surface area contributed by atoms with Crippen molar-refractivity contribution in [3.63, 3.8) is 0 Å². The average Bonchev–Trinajstić information content (AvgIpc) is 3.11. The van der Waals surface area contributed by atoms with Crippen LogP contribution < -0.4 is 20.1 Å². The second-order valence-electron chi connectivity index (χ2n) is 7.26. The minimum absolute atomic E-state index is 0.275. The van der Waals surface area contributed by atoms with Crippen LogP contribution in [-0.4, -0.2) is 41.4 Å². The fraction of sp³-hybridized carbons (Fsp3) is 0.292. The lowest BCUT2D eigenvalue weighted by atomic mass is 10.2. The Morgan fingerprint density at radius 1 is 1.00 bits per heavy atom. The van der Waals surface area contributed by atoms with E-state index >= 15 is 0 Å². The summed E-state index contributed by atoms with van der Waals surface area (Å²) in [5.74, 6) is -0.465. The van der Waals surface area contributed by atoms with Crippen LogP contribution in [0.25, 0.3) is 5.69 Å². The van der Waals surface area contributed by atoms with Crippen molar-refractivity contribution in [3.8, 4) is 17.2 Å². The molecule has 0 aliphatic carbocycles. The third-order valence-corrected chi connectivity index (χ3v) is 4.68. The molecule has 2 amide bonds. The molecule has 2 aromatic carbocycles. The number of amides is 2. The summed E-state index contributed by atoms with van der Waals surface area (Å²) >= 11 is 0. The number of aryl methyl sites for hydroxylation is 2. The van der Waals surface area contributed by atoms with Crippen LogP contribution in [-0.2, 0) is 4.79 Å². The first-order valence-corrected chi connectivity index (χ1v) is 10.6. The maximum Gasteiger partial charge on any atom is 0.251 e. The van der Waals surface area contributed by atoms with Crippen LogP contribution in [0, 0.1) is 19.7 Å². The predicted octanol–water partition coefficient (Wildman–Crippen LogP) is 3.79. The van der Waals surface area contributed by atoms with E-state index in [1.807, 2.05) is 33.8 Å². The maximum atomic E-state index is 14.6. The van der Waals surface area contributed by atoms with Gasteiger partial charge in [-0.3, -0.25) is 9.59 Å². The third-order valence-electron chi connectivity index (χ3n) is 4.68. The maximum absolute atomic E-state index is 14.6. The lowest BCUT2D eigenvalue weighted by molar-refractivity contribution is -0.115. The van der Waals surface area contributed by atoms with Crippen molar-refractivity contribution < 1.29 is 23.5 Å². The van der Waals surface area contributed by atoms with Gasteiger partial charge in [0.1, 0.15) is 5.69 Å². The molecule has 0 aliphatic heterocycles. The van der Waals surface area contributed by atoms with Crippen LogP contribution in [0.5, 0.6) is 11.5 Å². The molecule has 0 spiro atoms. The van der Waals surface area contributed by atoms with Crippen molar-refractivity contribution in [3.05, 3.63) is 65.2 Å². The summed E-state index contributed by atoms with van der Waals surface area (Å²) < 4.78 is 27.1. The fourth-order valence-electron chi connectivity index (χ4n) is 3.29. The van der Waals surface area contributed by atoms with E-state index in [-0.39, 0.29) is 17.9 Å². The van der Waals surface area contributed by atoms with Gasteiger partial charge in [0.25, 0.3) is 5.91 Å². The highest BCUT2D eigenvalue weighted by atomic mass is 19.1. The summed E-state index contributed by atoms with van der Waals surface area (Å²) in [7, 11) is 0. The van der Waals surface area contributed by atoms with Gasteiger partial charge >= 0.3 is 0 Å². The SMILES string of the molecule is CCOc1ccc(C(=O)NCC(=O)Nc2ccc(-n3nc(C)cc3C)c(F)c2)cc1OCC. The highest BCUT2D eigenvalue weighted by Gasteiger charge is 2.14. The van der Waals surface area contributed by atoms with Crippen molar-refractivity contribution in [2.45, 2.75) is 27.7 Å². The number of rotatable bonds is 9. The zero-order chi connectivity index (χ0) is 24.0. The Morgan fingerprint density at radius 3 is 2.36 bits per heavy atom. The monoisotopic (exact) mass is 454 g/mol. The predicted molar refractivity (Wildman–Crippen MR) is 123 cm³/mol. The lowest BCUT2D eigenvalue weighted by Crippen LogP contribution is -2.32. The van der Waals surface area contributed by atoms with Crippen LogP contribution in [0.15, 0.2) is 42.5 Å². The third kappa shape index (κ3) is 5.88. The van der Waals surface area contributed by atoms with E-state index in [1.54, 1.807) is 24.3 Å². The molecule has 1 aromatic heterocycles. The molecule has 0 saturated carbocycles. The first kappa shape index (κ1) is 23.8. The molecule has 0 aliphatic rings. The van der Waals surface area contributed by atoms with E-state index in [9.17, 15) is 14.0 Å². The Morgan fingerprint density at radius 2 is 1.73 bits per heavy atom. The molecule has 2 N–H and O–H groups in total. The Hall–Kier alpha value is -3.88. The summed E-state index contributed by atoms with van der Waals surface area (Å²) in [6, 6.07) is 11.0. The summed E-state index contributed by atoms with van der Waals surface area (Å²) in [5.41, 5.74) is 2.47. The second-order valence-corrected chi connectivity index (χ2v) is 7.26. The molecule has 8 nitrogen and oxygen atoms in total. The zero-order valence-electron chi connectivity index (χ0n) is 19.1. The molecule has 0 atom stereocenters. The van der Waals surface area contributed by atoms with E-state index in [0.29, 0.717) is 30.3 Å². The van der Waals surface area contributed by atoms with Crippen LogP contribution in [0.1, 0.15) is 35.6 Å². The van der Waals surface area contributed by atoms with Gasteiger partial charge in [-0.1, -0.05) is 0 Å². The van der Waals surface area contributed by atoms with E-state index in [0.717, 1.165) is 11.4 Å². The van der Waals surface area contributed by atoms with Gasteiger partial charge in [0.05, 0.1) is 25.5 Å². The first-order valence-electron chi connectivity index (χ1n) is 10.6. The van der Waals surface area contributed by atoms with Gasteiger partial charge in [0.2, 0.25) is 5.91 Å². The minimum atomic E-state index is -0.527. The Bertz CT molecular complexity index is 1160.